The van der Waals surface area contributed by atoms with Gasteiger partial charge in [0.25, 0.3) is 0 Å². The summed E-state index contributed by atoms with van der Waals surface area (Å²) in [4.78, 5) is 1.54. The fraction of sp³-hybridized carbons (Fsp3) is 0.571. The van der Waals surface area contributed by atoms with E-state index in [4.69, 9.17) is 5.73 Å². The van der Waals surface area contributed by atoms with Crippen LogP contribution in [0.4, 0.5) is 17.6 Å². The lowest BCUT2D eigenvalue weighted by Gasteiger charge is -2.33. The van der Waals surface area contributed by atoms with Gasteiger partial charge in [0.15, 0.2) is 0 Å². The SMILES string of the molecule is CCC(N)C(c1cccc(F)c1)N(C)CCC(F)(F)F. The van der Waals surface area contributed by atoms with Gasteiger partial charge >= 0.3 is 6.18 Å². The molecule has 0 aliphatic carbocycles. The van der Waals surface area contributed by atoms with Crippen molar-refractivity contribution in [3.05, 3.63) is 35.6 Å². The Morgan fingerprint density at radius 1 is 1.30 bits per heavy atom. The van der Waals surface area contributed by atoms with Gasteiger partial charge in [-0.1, -0.05) is 19.1 Å². The number of nitrogens with zero attached hydrogens (tertiary/aromatic N) is 1. The summed E-state index contributed by atoms with van der Waals surface area (Å²) >= 11 is 0. The normalized spacial score (nSPS) is 15.4. The molecule has 0 amide bonds. The molecule has 20 heavy (non-hydrogen) atoms. The van der Waals surface area contributed by atoms with Crippen LogP contribution in [0.1, 0.15) is 31.4 Å². The van der Waals surface area contributed by atoms with E-state index in [1.807, 2.05) is 6.92 Å². The molecule has 0 heterocycles. The fourth-order valence-corrected chi connectivity index (χ4v) is 2.18. The van der Waals surface area contributed by atoms with E-state index in [1.165, 1.54) is 23.1 Å². The van der Waals surface area contributed by atoms with E-state index in [9.17, 15) is 17.6 Å². The Balaban J connectivity index is 2.89. The van der Waals surface area contributed by atoms with Gasteiger partial charge in [0.2, 0.25) is 0 Å². The summed E-state index contributed by atoms with van der Waals surface area (Å²) in [5, 5.41) is 0. The minimum atomic E-state index is -4.21. The number of benzene rings is 1. The Labute approximate surface area is 116 Å². The highest BCUT2D eigenvalue weighted by atomic mass is 19.4. The van der Waals surface area contributed by atoms with Crippen LogP contribution in [0.5, 0.6) is 0 Å². The molecular formula is C14H20F4N2. The molecule has 0 aromatic heterocycles. The van der Waals surface area contributed by atoms with Gasteiger partial charge in [0, 0.05) is 18.6 Å². The van der Waals surface area contributed by atoms with E-state index >= 15 is 0 Å². The van der Waals surface area contributed by atoms with Crippen LogP contribution in [0.25, 0.3) is 0 Å². The highest BCUT2D eigenvalue weighted by Gasteiger charge is 2.30. The maximum Gasteiger partial charge on any atom is 0.390 e. The zero-order valence-corrected chi connectivity index (χ0v) is 11.6. The standard InChI is InChI=1S/C14H20F4N2/c1-3-12(19)13(10-5-4-6-11(15)9-10)20(2)8-7-14(16,17)18/h4-6,9,12-13H,3,7-8,19H2,1-2H3. The Kier molecular flexibility index (Phi) is 5.95. The molecule has 2 nitrogen and oxygen atoms in total. The first-order chi connectivity index (χ1) is 9.24. The lowest BCUT2D eigenvalue weighted by atomic mass is 9.96. The second-order valence-electron chi connectivity index (χ2n) is 4.92. The van der Waals surface area contributed by atoms with E-state index in [0.717, 1.165) is 0 Å². The molecule has 0 fully saturated rings. The van der Waals surface area contributed by atoms with Gasteiger partial charge in [-0.2, -0.15) is 13.2 Å². The molecule has 0 aliphatic heterocycles. The summed E-state index contributed by atoms with van der Waals surface area (Å²) in [5.74, 6) is -0.417. The van der Waals surface area contributed by atoms with Gasteiger partial charge in [-0.05, 0) is 31.2 Å². The topological polar surface area (TPSA) is 29.3 Å². The lowest BCUT2D eigenvalue weighted by molar-refractivity contribution is -0.138. The third-order valence-electron chi connectivity index (χ3n) is 3.29. The molecule has 1 rings (SSSR count). The first-order valence-corrected chi connectivity index (χ1v) is 6.52. The van der Waals surface area contributed by atoms with Gasteiger partial charge in [0.05, 0.1) is 6.42 Å². The number of rotatable bonds is 6. The summed E-state index contributed by atoms with van der Waals surface area (Å²) in [7, 11) is 1.58. The van der Waals surface area contributed by atoms with Crippen LogP contribution in [0.15, 0.2) is 24.3 Å². The number of nitrogens with two attached hydrogens (primary N) is 1. The maximum absolute atomic E-state index is 13.3. The molecule has 0 saturated heterocycles. The second-order valence-corrected chi connectivity index (χ2v) is 4.92. The van der Waals surface area contributed by atoms with Gasteiger partial charge < -0.3 is 5.73 Å². The van der Waals surface area contributed by atoms with E-state index in [2.05, 4.69) is 0 Å². The highest BCUT2D eigenvalue weighted by molar-refractivity contribution is 5.21. The minimum Gasteiger partial charge on any atom is -0.326 e. The van der Waals surface area contributed by atoms with Crippen molar-refractivity contribution in [1.82, 2.24) is 4.90 Å². The first-order valence-electron chi connectivity index (χ1n) is 6.52. The predicted octanol–water partition coefficient (Wildman–Crippen LogP) is 3.49. The van der Waals surface area contributed by atoms with Crippen LogP contribution >= 0.6 is 0 Å². The molecule has 114 valence electrons. The molecule has 0 spiro atoms. The fourth-order valence-electron chi connectivity index (χ4n) is 2.18. The van der Waals surface area contributed by atoms with Crippen molar-refractivity contribution in [2.24, 2.45) is 5.73 Å². The zero-order chi connectivity index (χ0) is 15.3. The number of hydrogen-bond donors (Lipinski definition) is 1. The molecule has 1 aromatic carbocycles. The molecule has 2 N–H and O–H groups in total. The summed E-state index contributed by atoms with van der Waals surface area (Å²) in [6.45, 7) is 1.69. The van der Waals surface area contributed by atoms with Crippen molar-refractivity contribution < 1.29 is 17.6 Å². The summed E-state index contributed by atoms with van der Waals surface area (Å²) in [6, 6.07) is 5.07. The first kappa shape index (κ1) is 16.9. The zero-order valence-electron chi connectivity index (χ0n) is 11.6. The van der Waals surface area contributed by atoms with Crippen molar-refractivity contribution in [2.75, 3.05) is 13.6 Å². The monoisotopic (exact) mass is 292 g/mol. The Morgan fingerprint density at radius 3 is 2.45 bits per heavy atom. The van der Waals surface area contributed by atoms with Crippen LogP contribution in [0.3, 0.4) is 0 Å². The smallest absolute Gasteiger partial charge is 0.326 e. The van der Waals surface area contributed by atoms with Crippen molar-refractivity contribution in [2.45, 2.75) is 38.0 Å². The van der Waals surface area contributed by atoms with Crippen LogP contribution < -0.4 is 5.73 Å². The van der Waals surface area contributed by atoms with Crippen LogP contribution in [0, 0.1) is 5.82 Å². The number of hydrogen-bond acceptors (Lipinski definition) is 2. The molecular weight excluding hydrogens is 272 g/mol. The number of likely N-dealkylation sites (N-methyl/N-ethyl adjacent to an activating group) is 1. The van der Waals surface area contributed by atoms with E-state index in [0.29, 0.717) is 12.0 Å². The van der Waals surface area contributed by atoms with Crippen molar-refractivity contribution in [1.29, 1.82) is 0 Å². The Bertz CT molecular complexity index is 420. The molecule has 1 aromatic rings. The molecule has 0 radical (unpaired) electrons. The molecule has 0 saturated carbocycles. The van der Waals surface area contributed by atoms with Gasteiger partial charge in [-0.25, -0.2) is 4.39 Å². The summed E-state index contributed by atoms with van der Waals surface area (Å²) < 4.78 is 50.2. The number of alkyl halides is 3. The van der Waals surface area contributed by atoms with Crippen molar-refractivity contribution in [3.63, 3.8) is 0 Å². The van der Waals surface area contributed by atoms with E-state index in [1.54, 1.807) is 13.1 Å². The van der Waals surface area contributed by atoms with Gasteiger partial charge in [0.1, 0.15) is 5.82 Å². The highest BCUT2D eigenvalue weighted by Crippen LogP contribution is 2.27. The molecule has 0 aliphatic rings. The van der Waals surface area contributed by atoms with Crippen LogP contribution in [0.2, 0.25) is 0 Å². The average molecular weight is 292 g/mol. The maximum atomic E-state index is 13.3. The minimum absolute atomic E-state index is 0.168. The largest absolute Gasteiger partial charge is 0.390 e. The molecule has 2 unspecified atom stereocenters. The summed E-state index contributed by atoms with van der Waals surface area (Å²) in [6.07, 6.45) is -4.53. The molecule has 2 atom stereocenters. The van der Waals surface area contributed by atoms with Gasteiger partial charge in [-0.3, -0.25) is 4.90 Å². The second kappa shape index (κ2) is 7.04. The van der Waals surface area contributed by atoms with Crippen LogP contribution in [-0.4, -0.2) is 30.7 Å². The molecule has 0 bridgehead atoms. The quantitative estimate of drug-likeness (QED) is 0.813. The lowest BCUT2D eigenvalue weighted by Crippen LogP contribution is -2.40. The Hall–Kier alpha value is -1.14. The van der Waals surface area contributed by atoms with Gasteiger partial charge in [-0.15, -0.1) is 0 Å². The average Bonchev–Trinajstić information content (AvgIpc) is 2.35. The predicted molar refractivity (Wildman–Crippen MR) is 70.7 cm³/mol. The van der Waals surface area contributed by atoms with E-state index in [-0.39, 0.29) is 12.6 Å². The summed E-state index contributed by atoms with van der Waals surface area (Å²) in [5.41, 5.74) is 6.60. The number of halogens is 4. The van der Waals surface area contributed by atoms with Crippen molar-refractivity contribution in [3.8, 4) is 0 Å². The Morgan fingerprint density at radius 2 is 1.95 bits per heavy atom. The third kappa shape index (κ3) is 5.09. The van der Waals surface area contributed by atoms with E-state index < -0.39 is 24.5 Å². The van der Waals surface area contributed by atoms with Crippen LogP contribution in [-0.2, 0) is 0 Å². The third-order valence-corrected chi connectivity index (χ3v) is 3.29. The van der Waals surface area contributed by atoms with Crippen molar-refractivity contribution >= 4 is 0 Å². The molecule has 6 heteroatoms.